The Morgan fingerprint density at radius 2 is 2.08 bits per heavy atom. The standard InChI is InChI=1S/C21H25N5/c1-14-9-20(24-26-12-15(2)23-21(14)26)17-3-4-18-13-25(8-6-16(18)10-17)19-5-7-22-11-19/h3-4,9-10,12,19,22H,5-8,11,13H2,1-2H3. The minimum absolute atomic E-state index is 0.707. The maximum absolute atomic E-state index is 4.79. The summed E-state index contributed by atoms with van der Waals surface area (Å²) in [7, 11) is 0. The van der Waals surface area contributed by atoms with E-state index in [1.54, 1.807) is 0 Å². The molecule has 4 heterocycles. The van der Waals surface area contributed by atoms with E-state index >= 15 is 0 Å². The largest absolute Gasteiger partial charge is 0.315 e. The second-order valence-corrected chi connectivity index (χ2v) is 7.71. The molecule has 0 spiro atoms. The van der Waals surface area contributed by atoms with E-state index in [0.29, 0.717) is 6.04 Å². The maximum Gasteiger partial charge on any atom is 0.156 e. The van der Waals surface area contributed by atoms with Gasteiger partial charge in [0.15, 0.2) is 5.65 Å². The second-order valence-electron chi connectivity index (χ2n) is 7.71. The van der Waals surface area contributed by atoms with Crippen LogP contribution < -0.4 is 5.32 Å². The number of aryl methyl sites for hydroxylation is 2. The van der Waals surface area contributed by atoms with Crippen molar-refractivity contribution in [3.8, 4) is 11.3 Å². The van der Waals surface area contributed by atoms with Gasteiger partial charge in [0, 0.05) is 31.2 Å². The minimum Gasteiger partial charge on any atom is -0.315 e. The minimum atomic E-state index is 0.707. The van der Waals surface area contributed by atoms with Gasteiger partial charge < -0.3 is 5.32 Å². The van der Waals surface area contributed by atoms with Crippen LogP contribution in [0.5, 0.6) is 0 Å². The molecule has 3 aromatic rings. The number of nitrogens with zero attached hydrogens (tertiary/aromatic N) is 4. The van der Waals surface area contributed by atoms with Crippen LogP contribution in [0.2, 0.25) is 0 Å². The zero-order valence-corrected chi connectivity index (χ0v) is 15.5. The number of hydrogen-bond acceptors (Lipinski definition) is 4. The van der Waals surface area contributed by atoms with Gasteiger partial charge in [-0.2, -0.15) is 5.10 Å². The first-order chi connectivity index (χ1) is 12.7. The van der Waals surface area contributed by atoms with E-state index in [2.05, 4.69) is 46.4 Å². The quantitative estimate of drug-likeness (QED) is 0.774. The molecule has 1 saturated heterocycles. The fourth-order valence-corrected chi connectivity index (χ4v) is 4.38. The molecule has 1 unspecified atom stereocenters. The molecule has 26 heavy (non-hydrogen) atoms. The highest BCUT2D eigenvalue weighted by Crippen LogP contribution is 2.28. The van der Waals surface area contributed by atoms with Gasteiger partial charge in [-0.1, -0.05) is 12.1 Å². The van der Waals surface area contributed by atoms with Gasteiger partial charge in [-0.3, -0.25) is 4.90 Å². The summed E-state index contributed by atoms with van der Waals surface area (Å²) in [5.74, 6) is 0. The summed E-state index contributed by atoms with van der Waals surface area (Å²) in [5, 5.41) is 8.28. The summed E-state index contributed by atoms with van der Waals surface area (Å²) in [6, 6.07) is 9.74. The number of imidazole rings is 1. The normalized spacial score (nSPS) is 20.6. The van der Waals surface area contributed by atoms with E-state index in [-0.39, 0.29) is 0 Å². The van der Waals surface area contributed by atoms with Crippen LogP contribution in [-0.2, 0) is 13.0 Å². The van der Waals surface area contributed by atoms with E-state index in [1.807, 2.05) is 17.6 Å². The number of nitrogens with one attached hydrogen (secondary N) is 1. The molecule has 0 bridgehead atoms. The molecule has 2 aliphatic heterocycles. The molecule has 0 aliphatic carbocycles. The molecule has 2 aliphatic rings. The molecular weight excluding hydrogens is 322 g/mol. The van der Waals surface area contributed by atoms with Crippen LogP contribution in [-0.4, -0.2) is 45.2 Å². The van der Waals surface area contributed by atoms with Crippen molar-refractivity contribution in [1.82, 2.24) is 24.8 Å². The van der Waals surface area contributed by atoms with E-state index in [0.717, 1.165) is 49.6 Å². The van der Waals surface area contributed by atoms with Crippen LogP contribution >= 0.6 is 0 Å². The van der Waals surface area contributed by atoms with Crippen LogP contribution in [0.4, 0.5) is 0 Å². The average molecular weight is 347 g/mol. The number of rotatable bonds is 2. The SMILES string of the molecule is Cc1cn2nc(-c3ccc4c(c3)CCN(C3CCNC3)C4)cc(C)c2n1. The van der Waals surface area contributed by atoms with Gasteiger partial charge in [0.2, 0.25) is 0 Å². The van der Waals surface area contributed by atoms with Crippen LogP contribution in [0.25, 0.3) is 16.9 Å². The summed E-state index contributed by atoms with van der Waals surface area (Å²) in [4.78, 5) is 7.20. The van der Waals surface area contributed by atoms with Gasteiger partial charge >= 0.3 is 0 Å². The van der Waals surface area contributed by atoms with Crippen molar-refractivity contribution in [2.24, 2.45) is 0 Å². The number of fused-ring (bicyclic) bond motifs is 2. The van der Waals surface area contributed by atoms with E-state index in [1.165, 1.54) is 28.7 Å². The average Bonchev–Trinajstić information content (AvgIpc) is 3.30. The van der Waals surface area contributed by atoms with Gasteiger partial charge in [-0.15, -0.1) is 0 Å². The summed E-state index contributed by atoms with van der Waals surface area (Å²) >= 11 is 0. The lowest BCUT2D eigenvalue weighted by Crippen LogP contribution is -2.40. The molecule has 1 fully saturated rings. The molecule has 0 radical (unpaired) electrons. The highest BCUT2D eigenvalue weighted by molar-refractivity contribution is 5.64. The van der Waals surface area contributed by atoms with Gasteiger partial charge in [-0.05, 0) is 62.1 Å². The van der Waals surface area contributed by atoms with Crippen LogP contribution in [0.15, 0.2) is 30.5 Å². The summed E-state index contributed by atoms with van der Waals surface area (Å²) in [6.07, 6.45) is 4.41. The monoisotopic (exact) mass is 347 g/mol. The Hall–Kier alpha value is -2.24. The summed E-state index contributed by atoms with van der Waals surface area (Å²) in [6.45, 7) is 8.66. The van der Waals surface area contributed by atoms with Crippen molar-refractivity contribution < 1.29 is 0 Å². The maximum atomic E-state index is 4.79. The molecular formula is C21H25N5. The van der Waals surface area contributed by atoms with Crippen molar-refractivity contribution in [3.05, 3.63) is 52.8 Å². The third-order valence-corrected chi connectivity index (χ3v) is 5.82. The Bertz CT molecular complexity index is 968. The first-order valence-corrected chi connectivity index (χ1v) is 9.58. The lowest BCUT2D eigenvalue weighted by Gasteiger charge is -2.33. The molecule has 2 aromatic heterocycles. The molecule has 5 heteroatoms. The highest BCUT2D eigenvalue weighted by Gasteiger charge is 2.26. The number of benzene rings is 1. The zero-order valence-electron chi connectivity index (χ0n) is 15.5. The summed E-state index contributed by atoms with van der Waals surface area (Å²) in [5.41, 5.74) is 8.30. The number of hydrogen-bond donors (Lipinski definition) is 1. The fourth-order valence-electron chi connectivity index (χ4n) is 4.38. The Labute approximate surface area is 154 Å². The van der Waals surface area contributed by atoms with Gasteiger partial charge in [-0.25, -0.2) is 9.50 Å². The van der Waals surface area contributed by atoms with Gasteiger partial charge in [0.05, 0.1) is 17.6 Å². The lowest BCUT2D eigenvalue weighted by molar-refractivity contribution is 0.190. The van der Waals surface area contributed by atoms with Crippen LogP contribution in [0.3, 0.4) is 0 Å². The van der Waals surface area contributed by atoms with E-state index in [9.17, 15) is 0 Å². The van der Waals surface area contributed by atoms with Crippen molar-refractivity contribution in [2.45, 2.75) is 39.3 Å². The Morgan fingerprint density at radius 3 is 2.92 bits per heavy atom. The molecule has 0 saturated carbocycles. The number of aromatic nitrogens is 3. The third-order valence-electron chi connectivity index (χ3n) is 5.82. The lowest BCUT2D eigenvalue weighted by atomic mass is 9.95. The van der Waals surface area contributed by atoms with Crippen molar-refractivity contribution in [1.29, 1.82) is 0 Å². The van der Waals surface area contributed by atoms with Crippen LogP contribution in [0, 0.1) is 13.8 Å². The Morgan fingerprint density at radius 1 is 1.15 bits per heavy atom. The molecule has 1 N–H and O–H groups in total. The highest BCUT2D eigenvalue weighted by atomic mass is 15.3. The van der Waals surface area contributed by atoms with Gasteiger partial charge in [0.1, 0.15) is 0 Å². The zero-order chi connectivity index (χ0) is 17.7. The van der Waals surface area contributed by atoms with Crippen molar-refractivity contribution in [3.63, 3.8) is 0 Å². The smallest absolute Gasteiger partial charge is 0.156 e. The van der Waals surface area contributed by atoms with Gasteiger partial charge in [0.25, 0.3) is 0 Å². The predicted molar refractivity (Wildman–Crippen MR) is 103 cm³/mol. The molecule has 0 amide bonds. The fraction of sp³-hybridized carbons (Fsp3) is 0.429. The Kier molecular flexibility index (Phi) is 3.80. The third kappa shape index (κ3) is 2.72. The molecule has 5 nitrogen and oxygen atoms in total. The molecule has 1 atom stereocenters. The van der Waals surface area contributed by atoms with Crippen molar-refractivity contribution >= 4 is 5.65 Å². The molecule has 5 rings (SSSR count). The second kappa shape index (κ2) is 6.18. The first-order valence-electron chi connectivity index (χ1n) is 9.58. The van der Waals surface area contributed by atoms with E-state index in [4.69, 9.17) is 5.10 Å². The first kappa shape index (κ1) is 16.0. The van der Waals surface area contributed by atoms with Crippen molar-refractivity contribution in [2.75, 3.05) is 19.6 Å². The molecule has 134 valence electrons. The van der Waals surface area contributed by atoms with E-state index < -0.39 is 0 Å². The topological polar surface area (TPSA) is 45.5 Å². The predicted octanol–water partition coefficient (Wildman–Crippen LogP) is 2.73. The Balaban J connectivity index is 1.46. The van der Waals surface area contributed by atoms with Crippen LogP contribution in [0.1, 0.15) is 28.8 Å². The molecule has 1 aromatic carbocycles. The summed E-state index contributed by atoms with van der Waals surface area (Å²) < 4.78 is 1.91.